The molecule has 0 aromatic heterocycles. The molecule has 11 heavy (non-hydrogen) atoms. The quantitative estimate of drug-likeness (QED) is 0.465. The number of phenols is 2. The predicted molar refractivity (Wildman–Crippen MR) is 34.5 cm³/mol. The van der Waals surface area contributed by atoms with Gasteiger partial charge in [-0.05, 0) is 12.1 Å². The van der Waals surface area contributed by atoms with Crippen molar-refractivity contribution in [1.82, 2.24) is 0 Å². The van der Waals surface area contributed by atoms with Crippen molar-refractivity contribution < 1.29 is 31.9 Å². The molecule has 0 radical (unpaired) electrons. The van der Waals surface area contributed by atoms with Crippen molar-refractivity contribution in [2.45, 2.75) is 0 Å². The minimum atomic E-state index is -0.265. The van der Waals surface area contributed by atoms with Gasteiger partial charge < -0.3 is 10.2 Å². The molecule has 1 rings (SSSR count). The number of phenolic OH excluding ortho intramolecular Hbond substituents is 2. The van der Waals surface area contributed by atoms with E-state index in [1.165, 1.54) is 18.2 Å². The van der Waals surface area contributed by atoms with Gasteiger partial charge in [0.1, 0.15) is 0 Å². The first kappa shape index (κ1) is 10.0. The molecule has 2 N–H and O–H groups in total. The summed E-state index contributed by atoms with van der Waals surface area (Å²) in [5.41, 5.74) is 0.329. The van der Waals surface area contributed by atoms with Crippen molar-refractivity contribution >= 4 is 0 Å². The molecule has 0 saturated carbocycles. The van der Waals surface area contributed by atoms with Crippen LogP contribution in [0.5, 0.6) is 11.5 Å². The summed E-state index contributed by atoms with van der Waals surface area (Å²) in [4.78, 5) is 0. The smallest absolute Gasteiger partial charge is 0.158 e. The Kier molecular flexibility index (Phi) is 3.66. The van der Waals surface area contributed by atoms with Gasteiger partial charge in [-0.25, -0.2) is 0 Å². The summed E-state index contributed by atoms with van der Waals surface area (Å²) >= 11 is 0. The maximum atomic E-state index is 8.83. The Balaban J connectivity index is 0.000001000. The first-order chi connectivity index (χ1) is 4.74. The molecular formula is C7H5NO2Ti. The fourth-order valence-corrected chi connectivity index (χ4v) is 0.593. The zero-order chi connectivity index (χ0) is 7.56. The Morgan fingerprint density at radius 2 is 1.82 bits per heavy atom. The van der Waals surface area contributed by atoms with Crippen molar-refractivity contribution in [3.63, 3.8) is 0 Å². The minimum Gasteiger partial charge on any atom is -0.504 e. The van der Waals surface area contributed by atoms with E-state index in [2.05, 4.69) is 0 Å². The third-order valence-corrected chi connectivity index (χ3v) is 1.10. The molecule has 0 bridgehead atoms. The Morgan fingerprint density at radius 1 is 1.18 bits per heavy atom. The second-order valence-corrected chi connectivity index (χ2v) is 1.82. The van der Waals surface area contributed by atoms with Crippen molar-refractivity contribution in [1.29, 1.82) is 5.26 Å². The summed E-state index contributed by atoms with van der Waals surface area (Å²) in [6, 6.07) is 5.72. The molecule has 54 valence electrons. The predicted octanol–water partition coefficient (Wildman–Crippen LogP) is 0.967. The normalized spacial score (nSPS) is 7.91. The molecule has 0 saturated heterocycles. The average molecular weight is 183 g/mol. The van der Waals surface area contributed by atoms with Crippen LogP contribution < -0.4 is 0 Å². The van der Waals surface area contributed by atoms with Crippen LogP contribution in [0, 0.1) is 11.3 Å². The summed E-state index contributed by atoms with van der Waals surface area (Å²) in [6.07, 6.45) is 0. The van der Waals surface area contributed by atoms with Crippen molar-refractivity contribution in [3.05, 3.63) is 23.8 Å². The van der Waals surface area contributed by atoms with Gasteiger partial charge in [0, 0.05) is 27.8 Å². The molecule has 0 aliphatic rings. The van der Waals surface area contributed by atoms with E-state index in [1.807, 2.05) is 6.07 Å². The molecule has 4 heteroatoms. The van der Waals surface area contributed by atoms with E-state index in [-0.39, 0.29) is 33.2 Å². The second-order valence-electron chi connectivity index (χ2n) is 1.82. The summed E-state index contributed by atoms with van der Waals surface area (Å²) in [5.74, 6) is -0.474. The molecule has 0 aliphatic heterocycles. The third kappa shape index (κ3) is 2.26. The molecule has 1 aromatic carbocycles. The number of aromatic hydroxyl groups is 2. The minimum absolute atomic E-state index is 0. The average Bonchev–Trinajstić information content (AvgIpc) is 1.95. The van der Waals surface area contributed by atoms with Crippen LogP contribution in [0.25, 0.3) is 0 Å². The number of hydrogen-bond acceptors (Lipinski definition) is 3. The van der Waals surface area contributed by atoms with E-state index in [9.17, 15) is 0 Å². The van der Waals surface area contributed by atoms with Crippen LogP contribution >= 0.6 is 0 Å². The zero-order valence-electron chi connectivity index (χ0n) is 5.57. The summed E-state index contributed by atoms with van der Waals surface area (Å²) in [6.45, 7) is 0. The molecule has 3 nitrogen and oxygen atoms in total. The number of benzene rings is 1. The van der Waals surface area contributed by atoms with Crippen LogP contribution in [0.1, 0.15) is 5.56 Å². The second kappa shape index (κ2) is 4.02. The SMILES string of the molecule is N#Cc1ccc(O)c(O)c1.[Ti]. The van der Waals surface area contributed by atoms with E-state index in [1.54, 1.807) is 0 Å². The van der Waals surface area contributed by atoms with E-state index in [0.29, 0.717) is 5.56 Å². The summed E-state index contributed by atoms with van der Waals surface area (Å²) in [7, 11) is 0. The molecule has 0 spiro atoms. The first-order valence-corrected chi connectivity index (χ1v) is 2.66. The van der Waals surface area contributed by atoms with Gasteiger partial charge in [-0.2, -0.15) is 5.26 Å². The van der Waals surface area contributed by atoms with Gasteiger partial charge in [0.05, 0.1) is 11.6 Å². The van der Waals surface area contributed by atoms with Crippen molar-refractivity contribution in [2.24, 2.45) is 0 Å². The van der Waals surface area contributed by atoms with Crippen molar-refractivity contribution in [2.75, 3.05) is 0 Å². The Hall–Kier alpha value is -0.976. The summed E-state index contributed by atoms with van der Waals surface area (Å²) < 4.78 is 0. The van der Waals surface area contributed by atoms with Crippen LogP contribution in [-0.4, -0.2) is 10.2 Å². The fraction of sp³-hybridized carbons (Fsp3) is 0. The van der Waals surface area contributed by atoms with E-state index < -0.39 is 0 Å². The zero-order valence-corrected chi connectivity index (χ0v) is 7.14. The van der Waals surface area contributed by atoms with Gasteiger partial charge in [0.2, 0.25) is 0 Å². The van der Waals surface area contributed by atoms with Crippen LogP contribution in [0.15, 0.2) is 18.2 Å². The summed E-state index contributed by atoms with van der Waals surface area (Å²) in [5, 5.41) is 25.9. The molecule has 1 aromatic rings. The molecule has 0 amide bonds. The van der Waals surface area contributed by atoms with Crippen LogP contribution in [-0.2, 0) is 21.7 Å². The maximum Gasteiger partial charge on any atom is 0.158 e. The van der Waals surface area contributed by atoms with Gasteiger partial charge in [0.25, 0.3) is 0 Å². The topological polar surface area (TPSA) is 64.2 Å². The molecule has 0 unspecified atom stereocenters. The van der Waals surface area contributed by atoms with E-state index in [0.717, 1.165) is 0 Å². The molecule has 0 heterocycles. The molecular weight excluding hydrogens is 178 g/mol. The largest absolute Gasteiger partial charge is 0.504 e. The third-order valence-electron chi connectivity index (χ3n) is 1.10. The van der Waals surface area contributed by atoms with Gasteiger partial charge in [-0.3, -0.25) is 0 Å². The molecule has 0 atom stereocenters. The Labute approximate surface area is 78.8 Å². The van der Waals surface area contributed by atoms with E-state index >= 15 is 0 Å². The maximum absolute atomic E-state index is 8.83. The van der Waals surface area contributed by atoms with Crippen LogP contribution in [0.3, 0.4) is 0 Å². The van der Waals surface area contributed by atoms with Crippen LogP contribution in [0.4, 0.5) is 0 Å². The number of nitrogens with zero attached hydrogens (tertiary/aromatic N) is 1. The molecule has 0 fully saturated rings. The Bertz CT molecular complexity index is 293. The van der Waals surface area contributed by atoms with Gasteiger partial charge >= 0.3 is 0 Å². The number of nitriles is 1. The molecule has 0 aliphatic carbocycles. The van der Waals surface area contributed by atoms with Gasteiger partial charge in [0.15, 0.2) is 11.5 Å². The van der Waals surface area contributed by atoms with Gasteiger partial charge in [-0.1, -0.05) is 0 Å². The van der Waals surface area contributed by atoms with Crippen molar-refractivity contribution in [3.8, 4) is 17.6 Å². The van der Waals surface area contributed by atoms with E-state index in [4.69, 9.17) is 15.5 Å². The Morgan fingerprint density at radius 3 is 2.27 bits per heavy atom. The standard InChI is InChI=1S/C7H5NO2.Ti/c8-4-5-1-2-6(9)7(10)3-5;/h1-3,9-10H;. The fourth-order valence-electron chi connectivity index (χ4n) is 0.593. The van der Waals surface area contributed by atoms with Crippen LogP contribution in [0.2, 0.25) is 0 Å². The monoisotopic (exact) mass is 183 g/mol. The van der Waals surface area contributed by atoms with Gasteiger partial charge in [-0.15, -0.1) is 0 Å². The first-order valence-electron chi connectivity index (χ1n) is 2.66. The number of hydrogen-bond donors (Lipinski definition) is 2. The number of rotatable bonds is 0.